The third-order valence-electron chi connectivity index (χ3n) is 4.65. The van der Waals surface area contributed by atoms with E-state index in [1.807, 2.05) is 46.7 Å². The maximum absolute atomic E-state index is 13.0. The molecule has 2 aromatic heterocycles. The average molecular weight is 337 g/mol. The maximum Gasteiger partial charge on any atom is 0.254 e. The third-order valence-corrected chi connectivity index (χ3v) is 4.65. The van der Waals surface area contributed by atoms with Crippen molar-refractivity contribution in [3.63, 3.8) is 0 Å². The van der Waals surface area contributed by atoms with Gasteiger partial charge in [-0.2, -0.15) is 0 Å². The van der Waals surface area contributed by atoms with Crippen molar-refractivity contribution in [2.75, 3.05) is 13.7 Å². The minimum absolute atomic E-state index is 0.000736. The molecule has 0 spiro atoms. The van der Waals surface area contributed by atoms with Crippen molar-refractivity contribution in [2.24, 2.45) is 0 Å². The smallest absolute Gasteiger partial charge is 0.254 e. The second kappa shape index (κ2) is 6.25. The van der Waals surface area contributed by atoms with Crippen molar-refractivity contribution in [3.8, 4) is 0 Å². The lowest BCUT2D eigenvalue weighted by Crippen LogP contribution is -2.41. The first-order valence-corrected chi connectivity index (χ1v) is 8.25. The van der Waals surface area contributed by atoms with Gasteiger partial charge in [-0.25, -0.2) is 0 Å². The molecule has 25 heavy (non-hydrogen) atoms. The fourth-order valence-electron chi connectivity index (χ4n) is 3.33. The van der Waals surface area contributed by atoms with Gasteiger partial charge in [-0.15, -0.1) is 10.2 Å². The van der Waals surface area contributed by atoms with E-state index in [0.717, 1.165) is 22.6 Å². The van der Waals surface area contributed by atoms with Crippen LogP contribution in [0.1, 0.15) is 35.0 Å². The summed E-state index contributed by atoms with van der Waals surface area (Å²) < 4.78 is 7.21. The number of hydrogen-bond acceptors (Lipinski definition) is 5. The molecule has 0 saturated heterocycles. The predicted molar refractivity (Wildman–Crippen MR) is 91.9 cm³/mol. The highest BCUT2D eigenvalue weighted by atomic mass is 16.5. The summed E-state index contributed by atoms with van der Waals surface area (Å²) in [6.07, 6.45) is 1.75. The molecule has 0 N–H and O–H groups in total. The summed E-state index contributed by atoms with van der Waals surface area (Å²) >= 11 is 0. The van der Waals surface area contributed by atoms with E-state index in [-0.39, 0.29) is 11.9 Å². The number of aromatic nitrogens is 4. The van der Waals surface area contributed by atoms with Crippen LogP contribution in [0.2, 0.25) is 0 Å². The zero-order valence-corrected chi connectivity index (χ0v) is 14.2. The first kappa shape index (κ1) is 15.7. The van der Waals surface area contributed by atoms with Gasteiger partial charge in [0.15, 0.2) is 11.6 Å². The highest BCUT2D eigenvalue weighted by Gasteiger charge is 2.31. The number of carbonyl (C=O) groups excluding carboxylic acids is 1. The molecule has 0 unspecified atom stereocenters. The van der Waals surface area contributed by atoms with Crippen LogP contribution < -0.4 is 0 Å². The number of carbonyl (C=O) groups is 1. The number of amides is 1. The Morgan fingerprint density at radius 1 is 1.28 bits per heavy atom. The highest BCUT2D eigenvalue weighted by molar-refractivity contribution is 5.98. The lowest BCUT2D eigenvalue weighted by molar-refractivity contribution is 0.0632. The standard InChI is InChI=1S/C18H19N5O2/c1-12-17-21-20-16(11-25-2)23(17)9-8-22(12)18(24)14-5-6-15-13(10-14)4-3-7-19-15/h3-7,10,12H,8-9,11H2,1-2H3/t12-/m0/s1. The van der Waals surface area contributed by atoms with E-state index in [0.29, 0.717) is 25.3 Å². The number of ether oxygens (including phenoxy) is 1. The Labute approximate surface area is 145 Å². The van der Waals surface area contributed by atoms with Crippen LogP contribution in [0.5, 0.6) is 0 Å². The summed E-state index contributed by atoms with van der Waals surface area (Å²) in [5.74, 6) is 1.60. The number of pyridine rings is 1. The van der Waals surface area contributed by atoms with Gasteiger partial charge in [-0.1, -0.05) is 6.07 Å². The van der Waals surface area contributed by atoms with Crippen molar-refractivity contribution in [3.05, 3.63) is 53.7 Å². The Morgan fingerprint density at radius 2 is 2.16 bits per heavy atom. The minimum atomic E-state index is -0.135. The van der Waals surface area contributed by atoms with Gasteiger partial charge in [0.1, 0.15) is 6.61 Å². The summed E-state index contributed by atoms with van der Waals surface area (Å²) in [6.45, 7) is 3.70. The Morgan fingerprint density at radius 3 is 3.00 bits per heavy atom. The second-order valence-electron chi connectivity index (χ2n) is 6.14. The summed E-state index contributed by atoms with van der Waals surface area (Å²) in [4.78, 5) is 19.2. The topological polar surface area (TPSA) is 73.1 Å². The van der Waals surface area contributed by atoms with Crippen LogP contribution in [0.15, 0.2) is 36.5 Å². The Kier molecular flexibility index (Phi) is 3.93. The van der Waals surface area contributed by atoms with Crippen LogP contribution in [0.3, 0.4) is 0 Å². The molecule has 0 bridgehead atoms. The van der Waals surface area contributed by atoms with E-state index in [1.165, 1.54) is 0 Å². The zero-order valence-electron chi connectivity index (χ0n) is 14.2. The highest BCUT2D eigenvalue weighted by Crippen LogP contribution is 2.27. The molecule has 4 rings (SSSR count). The van der Waals surface area contributed by atoms with Crippen LogP contribution in [0.25, 0.3) is 10.9 Å². The number of fused-ring (bicyclic) bond motifs is 2. The maximum atomic E-state index is 13.0. The van der Waals surface area contributed by atoms with Crippen molar-refractivity contribution in [1.29, 1.82) is 0 Å². The summed E-state index contributed by atoms with van der Waals surface area (Å²) in [5.41, 5.74) is 1.55. The number of methoxy groups -OCH3 is 1. The Bertz CT molecular complexity index is 936. The second-order valence-corrected chi connectivity index (χ2v) is 6.14. The first-order valence-electron chi connectivity index (χ1n) is 8.25. The fourth-order valence-corrected chi connectivity index (χ4v) is 3.33. The van der Waals surface area contributed by atoms with E-state index < -0.39 is 0 Å². The van der Waals surface area contributed by atoms with Gasteiger partial charge >= 0.3 is 0 Å². The molecule has 0 fully saturated rings. The number of benzene rings is 1. The number of hydrogen-bond donors (Lipinski definition) is 0. The lowest BCUT2D eigenvalue weighted by Gasteiger charge is -2.33. The SMILES string of the molecule is COCc1nnc2n1CCN(C(=O)c1ccc3ncccc3c1)[C@H]2C. The molecule has 1 amide bonds. The molecule has 3 aromatic rings. The largest absolute Gasteiger partial charge is 0.377 e. The van der Waals surface area contributed by atoms with Crippen molar-refractivity contribution < 1.29 is 9.53 Å². The van der Waals surface area contributed by atoms with Crippen molar-refractivity contribution in [2.45, 2.75) is 26.1 Å². The Hall–Kier alpha value is -2.80. The molecule has 1 aliphatic heterocycles. The molecule has 0 aliphatic carbocycles. The number of nitrogens with zero attached hydrogens (tertiary/aromatic N) is 5. The van der Waals surface area contributed by atoms with Gasteiger partial charge in [0.05, 0.1) is 11.6 Å². The van der Waals surface area contributed by atoms with E-state index in [9.17, 15) is 4.79 Å². The molecule has 128 valence electrons. The fraction of sp³-hybridized carbons (Fsp3) is 0.333. The average Bonchev–Trinajstić information content (AvgIpc) is 3.05. The van der Waals surface area contributed by atoms with Gasteiger partial charge in [0.2, 0.25) is 0 Å². The van der Waals surface area contributed by atoms with Crippen molar-refractivity contribution in [1.82, 2.24) is 24.6 Å². The van der Waals surface area contributed by atoms with Crippen LogP contribution in [0.4, 0.5) is 0 Å². The minimum Gasteiger partial charge on any atom is -0.377 e. The van der Waals surface area contributed by atoms with Gasteiger partial charge in [0, 0.05) is 37.3 Å². The molecule has 1 aliphatic rings. The van der Waals surface area contributed by atoms with Crippen LogP contribution in [-0.4, -0.2) is 44.2 Å². The third kappa shape index (κ3) is 2.66. The van der Waals surface area contributed by atoms with Gasteiger partial charge < -0.3 is 14.2 Å². The molecule has 7 nitrogen and oxygen atoms in total. The predicted octanol–water partition coefficient (Wildman–Crippen LogP) is 2.19. The van der Waals surface area contributed by atoms with E-state index >= 15 is 0 Å². The molecular weight excluding hydrogens is 318 g/mol. The monoisotopic (exact) mass is 337 g/mol. The molecular formula is C18H19N5O2. The quantitative estimate of drug-likeness (QED) is 0.732. The van der Waals surface area contributed by atoms with Crippen LogP contribution >= 0.6 is 0 Å². The molecule has 1 aromatic carbocycles. The summed E-state index contributed by atoms with van der Waals surface area (Å²) in [5, 5.41) is 9.41. The molecule has 0 radical (unpaired) electrons. The van der Waals surface area contributed by atoms with E-state index in [2.05, 4.69) is 15.2 Å². The van der Waals surface area contributed by atoms with Crippen LogP contribution in [0, 0.1) is 0 Å². The van der Waals surface area contributed by atoms with Gasteiger partial charge in [-0.3, -0.25) is 9.78 Å². The normalized spacial score (nSPS) is 16.9. The lowest BCUT2D eigenvalue weighted by atomic mass is 10.1. The van der Waals surface area contributed by atoms with Crippen molar-refractivity contribution >= 4 is 16.8 Å². The van der Waals surface area contributed by atoms with E-state index in [1.54, 1.807) is 13.3 Å². The molecule has 1 atom stereocenters. The Balaban J connectivity index is 1.63. The molecule has 7 heteroatoms. The van der Waals surface area contributed by atoms with Gasteiger partial charge in [0.25, 0.3) is 5.91 Å². The summed E-state index contributed by atoms with van der Waals surface area (Å²) in [7, 11) is 1.64. The molecule has 3 heterocycles. The van der Waals surface area contributed by atoms with E-state index in [4.69, 9.17) is 4.74 Å². The molecule has 0 saturated carbocycles. The number of rotatable bonds is 3. The first-order chi connectivity index (χ1) is 12.2. The van der Waals surface area contributed by atoms with Gasteiger partial charge in [-0.05, 0) is 31.2 Å². The zero-order chi connectivity index (χ0) is 17.4. The van der Waals surface area contributed by atoms with Crippen LogP contribution in [-0.2, 0) is 17.9 Å². The summed E-state index contributed by atoms with van der Waals surface area (Å²) in [6, 6.07) is 9.32.